The summed E-state index contributed by atoms with van der Waals surface area (Å²) in [6, 6.07) is 6.77. The average molecular weight is 342 g/mol. The molecule has 1 aromatic carbocycles. The van der Waals surface area contributed by atoms with Crippen LogP contribution in [0.4, 0.5) is 0 Å². The number of benzene rings is 1. The van der Waals surface area contributed by atoms with Crippen molar-refractivity contribution >= 4 is 0 Å². The van der Waals surface area contributed by atoms with Crippen LogP contribution in [0.3, 0.4) is 0 Å². The minimum atomic E-state index is 0.531. The van der Waals surface area contributed by atoms with Gasteiger partial charge in [0.2, 0.25) is 6.33 Å². The van der Waals surface area contributed by atoms with E-state index < -0.39 is 0 Å². The first-order chi connectivity index (χ1) is 12.0. The molecule has 0 amide bonds. The molecule has 1 heterocycles. The minimum Gasteiger partial charge on any atom is -0.236 e. The summed E-state index contributed by atoms with van der Waals surface area (Å²) >= 11 is 0. The van der Waals surface area contributed by atoms with Gasteiger partial charge in [0.1, 0.15) is 18.1 Å². The standard InChI is InChI=1S/C23H37N2/c1-6-7-8-9-10-11-15-24-16-17-25(18-24)23-21(19(2)3)13-12-14-22(23)20(4)5/h12-14,16-20H,6-11,15H2,1-5H3/q+1. The third kappa shape index (κ3) is 5.45. The van der Waals surface area contributed by atoms with Crippen LogP contribution in [0, 0.1) is 0 Å². The van der Waals surface area contributed by atoms with E-state index in [-0.39, 0.29) is 0 Å². The van der Waals surface area contributed by atoms with Gasteiger partial charge in [0.05, 0.1) is 6.54 Å². The summed E-state index contributed by atoms with van der Waals surface area (Å²) in [4.78, 5) is 0. The van der Waals surface area contributed by atoms with E-state index in [4.69, 9.17) is 0 Å². The largest absolute Gasteiger partial charge is 0.248 e. The van der Waals surface area contributed by atoms with Gasteiger partial charge in [-0.3, -0.25) is 0 Å². The van der Waals surface area contributed by atoms with E-state index in [9.17, 15) is 0 Å². The molecule has 0 aliphatic rings. The van der Waals surface area contributed by atoms with Gasteiger partial charge in [0.25, 0.3) is 0 Å². The van der Waals surface area contributed by atoms with Gasteiger partial charge in [-0.05, 0) is 24.7 Å². The molecule has 2 heteroatoms. The summed E-state index contributed by atoms with van der Waals surface area (Å²) in [6.07, 6.45) is 14.8. The lowest BCUT2D eigenvalue weighted by atomic mass is 9.92. The summed E-state index contributed by atoms with van der Waals surface area (Å²) in [7, 11) is 0. The van der Waals surface area contributed by atoms with Crippen LogP contribution >= 0.6 is 0 Å². The maximum Gasteiger partial charge on any atom is 0.248 e. The number of hydrogen-bond donors (Lipinski definition) is 0. The topological polar surface area (TPSA) is 8.81 Å². The summed E-state index contributed by atoms with van der Waals surface area (Å²) in [5, 5.41) is 0. The Kier molecular flexibility index (Phi) is 7.74. The number of rotatable bonds is 10. The zero-order valence-corrected chi connectivity index (χ0v) is 17.0. The molecule has 0 bridgehead atoms. The first-order valence-electron chi connectivity index (χ1n) is 10.2. The fourth-order valence-corrected chi connectivity index (χ4v) is 3.54. The maximum absolute atomic E-state index is 2.35. The smallest absolute Gasteiger partial charge is 0.236 e. The van der Waals surface area contributed by atoms with E-state index in [1.807, 2.05) is 0 Å². The molecule has 0 saturated heterocycles. The van der Waals surface area contributed by atoms with Crippen molar-refractivity contribution in [2.24, 2.45) is 0 Å². The SMILES string of the molecule is CCCCCCCC[n+]1ccn(-c2c(C(C)C)cccc2C(C)C)c1. The Balaban J connectivity index is 2.11. The van der Waals surface area contributed by atoms with E-state index in [1.165, 1.54) is 55.3 Å². The van der Waals surface area contributed by atoms with Crippen molar-refractivity contribution in [1.82, 2.24) is 4.57 Å². The molecular weight excluding hydrogens is 304 g/mol. The monoisotopic (exact) mass is 341 g/mol. The van der Waals surface area contributed by atoms with Crippen LogP contribution < -0.4 is 4.57 Å². The zero-order chi connectivity index (χ0) is 18.2. The molecule has 0 N–H and O–H groups in total. The molecule has 0 atom stereocenters. The molecule has 0 aliphatic carbocycles. The van der Waals surface area contributed by atoms with Gasteiger partial charge < -0.3 is 0 Å². The Morgan fingerprint density at radius 1 is 0.880 bits per heavy atom. The van der Waals surface area contributed by atoms with Crippen LogP contribution in [-0.2, 0) is 6.54 Å². The van der Waals surface area contributed by atoms with Crippen molar-refractivity contribution < 1.29 is 4.57 Å². The third-order valence-corrected chi connectivity index (χ3v) is 5.06. The number of imidazole rings is 1. The van der Waals surface area contributed by atoms with Gasteiger partial charge in [-0.25, -0.2) is 9.13 Å². The van der Waals surface area contributed by atoms with Crippen molar-refractivity contribution in [3.8, 4) is 5.69 Å². The number of unbranched alkanes of at least 4 members (excludes halogenated alkanes) is 5. The molecule has 0 radical (unpaired) electrons. The fourth-order valence-electron chi connectivity index (χ4n) is 3.54. The van der Waals surface area contributed by atoms with Crippen LogP contribution in [0.15, 0.2) is 36.9 Å². The Labute approximate surface area is 154 Å². The highest BCUT2D eigenvalue weighted by atomic mass is 15.1. The van der Waals surface area contributed by atoms with Gasteiger partial charge in [0.15, 0.2) is 0 Å². The molecule has 0 fully saturated rings. The van der Waals surface area contributed by atoms with Gasteiger partial charge >= 0.3 is 0 Å². The Hall–Kier alpha value is -1.57. The average Bonchev–Trinajstić information content (AvgIpc) is 3.05. The molecule has 0 aliphatic heterocycles. The van der Waals surface area contributed by atoms with Crippen LogP contribution in [0.5, 0.6) is 0 Å². The summed E-state index contributed by atoms with van der Waals surface area (Å²) in [5.41, 5.74) is 4.26. The number of aryl methyl sites for hydroxylation is 1. The maximum atomic E-state index is 2.35. The number of aromatic nitrogens is 2. The Morgan fingerprint density at radius 3 is 2.08 bits per heavy atom. The Bertz CT molecular complexity index is 611. The van der Waals surface area contributed by atoms with Crippen molar-refractivity contribution in [2.45, 2.75) is 91.5 Å². The van der Waals surface area contributed by atoms with Crippen molar-refractivity contribution in [1.29, 1.82) is 0 Å². The van der Waals surface area contributed by atoms with Crippen molar-refractivity contribution in [2.75, 3.05) is 0 Å². The first-order valence-corrected chi connectivity index (χ1v) is 10.2. The quantitative estimate of drug-likeness (QED) is 0.350. The van der Waals surface area contributed by atoms with E-state index in [0.29, 0.717) is 11.8 Å². The normalized spacial score (nSPS) is 11.6. The zero-order valence-electron chi connectivity index (χ0n) is 17.0. The van der Waals surface area contributed by atoms with Crippen LogP contribution in [0.25, 0.3) is 5.69 Å². The lowest BCUT2D eigenvalue weighted by Crippen LogP contribution is -2.30. The minimum absolute atomic E-state index is 0.531. The molecule has 0 saturated carbocycles. The number of hydrogen-bond acceptors (Lipinski definition) is 0. The molecule has 2 aromatic rings. The second-order valence-corrected chi connectivity index (χ2v) is 7.92. The lowest BCUT2D eigenvalue weighted by Gasteiger charge is -2.16. The summed E-state index contributed by atoms with van der Waals surface area (Å²) in [6.45, 7) is 12.6. The van der Waals surface area contributed by atoms with Gasteiger partial charge in [0, 0.05) is 11.1 Å². The van der Waals surface area contributed by atoms with Gasteiger partial charge in [-0.15, -0.1) is 0 Å². The van der Waals surface area contributed by atoms with Crippen molar-refractivity contribution in [3.05, 3.63) is 48.0 Å². The van der Waals surface area contributed by atoms with E-state index in [0.717, 1.165) is 6.54 Å². The number of nitrogens with zero attached hydrogens (tertiary/aromatic N) is 2. The van der Waals surface area contributed by atoms with Crippen molar-refractivity contribution in [3.63, 3.8) is 0 Å². The highest BCUT2D eigenvalue weighted by Crippen LogP contribution is 2.30. The van der Waals surface area contributed by atoms with Gasteiger partial charge in [-0.2, -0.15) is 0 Å². The highest BCUT2D eigenvalue weighted by molar-refractivity contribution is 5.50. The van der Waals surface area contributed by atoms with E-state index in [1.54, 1.807) is 0 Å². The third-order valence-electron chi connectivity index (χ3n) is 5.06. The van der Waals surface area contributed by atoms with E-state index >= 15 is 0 Å². The van der Waals surface area contributed by atoms with Gasteiger partial charge in [-0.1, -0.05) is 78.5 Å². The predicted molar refractivity (Wildman–Crippen MR) is 108 cm³/mol. The molecule has 0 spiro atoms. The molecule has 25 heavy (non-hydrogen) atoms. The van der Waals surface area contributed by atoms with Crippen LogP contribution in [-0.4, -0.2) is 4.57 Å². The van der Waals surface area contributed by atoms with Crippen LogP contribution in [0.2, 0.25) is 0 Å². The lowest BCUT2D eigenvalue weighted by molar-refractivity contribution is -0.696. The molecule has 2 nitrogen and oxygen atoms in total. The molecule has 2 rings (SSSR count). The fraction of sp³-hybridized carbons (Fsp3) is 0.609. The van der Waals surface area contributed by atoms with Crippen LogP contribution in [0.1, 0.15) is 96.1 Å². The molecule has 138 valence electrons. The molecule has 0 unspecified atom stereocenters. The molecular formula is C23H37N2+. The first kappa shape index (κ1) is 19.8. The predicted octanol–water partition coefficient (Wildman–Crippen LogP) is 6.37. The second kappa shape index (κ2) is 9.79. The van der Waals surface area contributed by atoms with E-state index in [2.05, 4.69) is 80.7 Å². The Morgan fingerprint density at radius 2 is 1.48 bits per heavy atom. The summed E-state index contributed by atoms with van der Waals surface area (Å²) in [5.74, 6) is 1.06. The highest BCUT2D eigenvalue weighted by Gasteiger charge is 2.19. The molecule has 1 aromatic heterocycles. The second-order valence-electron chi connectivity index (χ2n) is 7.92. The summed E-state index contributed by atoms with van der Waals surface area (Å²) < 4.78 is 4.68. The number of para-hydroxylation sites is 1.